The maximum Gasteiger partial charge on any atom is 0.0719 e. The SMILES string of the molecule is c1ccc(C2(c3ccccc3)c3cc(-c4cc5ccc6cc(-c7cccc8ccccc78)cc7ccc(c4)c5c67)ccc3-c3ccc4ccccc4c32)cc1. The first kappa shape index (κ1) is 30.4. The van der Waals surface area contributed by atoms with Crippen LogP contribution in [0.3, 0.4) is 0 Å². The highest BCUT2D eigenvalue weighted by molar-refractivity contribution is 6.25. The van der Waals surface area contributed by atoms with E-state index in [0.717, 1.165) is 0 Å². The van der Waals surface area contributed by atoms with Gasteiger partial charge in [0.05, 0.1) is 5.41 Å². The topological polar surface area (TPSA) is 0 Å². The molecular weight excluding hydrogens is 661 g/mol. The van der Waals surface area contributed by atoms with Gasteiger partial charge in [-0.25, -0.2) is 0 Å². The zero-order valence-corrected chi connectivity index (χ0v) is 30.1. The van der Waals surface area contributed by atoms with Crippen molar-refractivity contribution in [2.45, 2.75) is 5.41 Å². The van der Waals surface area contributed by atoms with Crippen LogP contribution in [0.4, 0.5) is 0 Å². The Bertz CT molecular complexity index is 3190. The van der Waals surface area contributed by atoms with Crippen LogP contribution in [0, 0.1) is 0 Å². The quantitative estimate of drug-likeness (QED) is 0.161. The fourth-order valence-electron chi connectivity index (χ4n) is 10.1. The van der Waals surface area contributed by atoms with Gasteiger partial charge in [-0.15, -0.1) is 0 Å². The normalized spacial score (nSPS) is 13.2. The van der Waals surface area contributed by atoms with Crippen molar-refractivity contribution in [1.82, 2.24) is 0 Å². The highest BCUT2D eigenvalue weighted by Crippen LogP contribution is 2.58. The summed E-state index contributed by atoms with van der Waals surface area (Å²) in [5.41, 5.74) is 12.4. The average Bonchev–Trinajstić information content (AvgIpc) is 3.56. The largest absolute Gasteiger partial charge is 0.0719 e. The van der Waals surface area contributed by atoms with Gasteiger partial charge in [0.15, 0.2) is 0 Å². The van der Waals surface area contributed by atoms with E-state index in [1.165, 1.54) is 109 Å². The molecule has 1 aliphatic rings. The Morgan fingerprint density at radius 3 is 1.40 bits per heavy atom. The lowest BCUT2D eigenvalue weighted by Gasteiger charge is -2.35. The van der Waals surface area contributed by atoms with Crippen LogP contribution < -0.4 is 0 Å². The number of fused-ring (bicyclic) bond motifs is 6. The van der Waals surface area contributed by atoms with E-state index < -0.39 is 5.41 Å². The van der Waals surface area contributed by atoms with Gasteiger partial charge in [0.1, 0.15) is 0 Å². The minimum absolute atomic E-state index is 0.484. The highest BCUT2D eigenvalue weighted by atomic mass is 14.5. The number of hydrogen-bond acceptors (Lipinski definition) is 0. The van der Waals surface area contributed by atoms with E-state index in [2.05, 4.69) is 206 Å². The lowest BCUT2D eigenvalue weighted by atomic mass is 9.66. The fraction of sp³-hybridized carbons (Fsp3) is 0.0182. The van der Waals surface area contributed by atoms with E-state index in [4.69, 9.17) is 0 Å². The molecule has 12 rings (SSSR count). The minimum atomic E-state index is -0.484. The van der Waals surface area contributed by atoms with Gasteiger partial charge in [-0.1, -0.05) is 176 Å². The van der Waals surface area contributed by atoms with Crippen LogP contribution in [0.1, 0.15) is 22.3 Å². The molecule has 1 aliphatic carbocycles. The zero-order chi connectivity index (χ0) is 36.1. The van der Waals surface area contributed by atoms with Crippen molar-refractivity contribution in [1.29, 1.82) is 0 Å². The van der Waals surface area contributed by atoms with E-state index in [9.17, 15) is 0 Å². The molecule has 0 saturated carbocycles. The highest BCUT2D eigenvalue weighted by Gasteiger charge is 2.47. The van der Waals surface area contributed by atoms with Gasteiger partial charge in [-0.3, -0.25) is 0 Å². The molecule has 0 bridgehead atoms. The first-order valence-electron chi connectivity index (χ1n) is 19.2. The van der Waals surface area contributed by atoms with Crippen molar-refractivity contribution in [3.63, 3.8) is 0 Å². The molecule has 0 spiro atoms. The molecule has 0 saturated heterocycles. The molecule has 0 aromatic heterocycles. The van der Waals surface area contributed by atoms with Gasteiger partial charge in [-0.2, -0.15) is 0 Å². The Labute approximate surface area is 319 Å². The number of hydrogen-bond donors (Lipinski definition) is 0. The van der Waals surface area contributed by atoms with E-state index in [1.807, 2.05) is 0 Å². The minimum Gasteiger partial charge on any atom is -0.0622 e. The predicted octanol–water partition coefficient (Wildman–Crippen LogP) is 14.6. The first-order chi connectivity index (χ1) is 27.3. The molecule has 0 atom stereocenters. The van der Waals surface area contributed by atoms with Crippen LogP contribution in [0.5, 0.6) is 0 Å². The molecule has 0 fully saturated rings. The second-order valence-corrected chi connectivity index (χ2v) is 15.2. The summed E-state index contributed by atoms with van der Waals surface area (Å²) >= 11 is 0. The summed E-state index contributed by atoms with van der Waals surface area (Å²) in [7, 11) is 0. The summed E-state index contributed by atoms with van der Waals surface area (Å²) in [4.78, 5) is 0. The monoisotopic (exact) mass is 694 g/mol. The summed E-state index contributed by atoms with van der Waals surface area (Å²) in [5.74, 6) is 0. The van der Waals surface area contributed by atoms with Gasteiger partial charge < -0.3 is 0 Å². The Kier molecular flexibility index (Phi) is 6.36. The fourth-order valence-corrected chi connectivity index (χ4v) is 10.1. The lowest BCUT2D eigenvalue weighted by molar-refractivity contribution is 0.776. The molecule has 0 heterocycles. The molecule has 11 aromatic carbocycles. The van der Waals surface area contributed by atoms with Crippen molar-refractivity contribution in [3.05, 3.63) is 229 Å². The Balaban J connectivity index is 1.08. The molecule has 0 aliphatic heterocycles. The zero-order valence-electron chi connectivity index (χ0n) is 30.1. The van der Waals surface area contributed by atoms with Gasteiger partial charge in [0.2, 0.25) is 0 Å². The van der Waals surface area contributed by atoms with Crippen LogP contribution >= 0.6 is 0 Å². The number of benzene rings is 11. The summed E-state index contributed by atoms with van der Waals surface area (Å²) in [6, 6.07) is 77.3. The lowest BCUT2D eigenvalue weighted by Crippen LogP contribution is -2.28. The molecule has 0 unspecified atom stereocenters. The van der Waals surface area contributed by atoms with E-state index in [1.54, 1.807) is 0 Å². The maximum absolute atomic E-state index is 2.49. The second-order valence-electron chi connectivity index (χ2n) is 15.2. The molecule has 55 heavy (non-hydrogen) atoms. The summed E-state index contributed by atoms with van der Waals surface area (Å²) in [5, 5.41) is 12.9. The first-order valence-corrected chi connectivity index (χ1v) is 19.2. The average molecular weight is 695 g/mol. The van der Waals surface area contributed by atoms with Crippen molar-refractivity contribution >= 4 is 53.9 Å². The van der Waals surface area contributed by atoms with Crippen LogP contribution in [-0.2, 0) is 5.41 Å². The van der Waals surface area contributed by atoms with E-state index in [-0.39, 0.29) is 0 Å². The maximum atomic E-state index is 2.49. The van der Waals surface area contributed by atoms with Crippen molar-refractivity contribution in [2.24, 2.45) is 0 Å². The van der Waals surface area contributed by atoms with Crippen LogP contribution in [0.15, 0.2) is 206 Å². The Morgan fingerprint density at radius 2 is 0.764 bits per heavy atom. The summed E-state index contributed by atoms with van der Waals surface area (Å²) < 4.78 is 0. The number of rotatable bonds is 4. The van der Waals surface area contributed by atoms with E-state index in [0.29, 0.717) is 0 Å². The van der Waals surface area contributed by atoms with Crippen molar-refractivity contribution in [3.8, 4) is 33.4 Å². The second kappa shape index (κ2) is 11.5. The van der Waals surface area contributed by atoms with Gasteiger partial charge in [-0.05, 0) is 140 Å². The molecule has 0 N–H and O–H groups in total. The van der Waals surface area contributed by atoms with Gasteiger partial charge in [0.25, 0.3) is 0 Å². The molecule has 0 heteroatoms. The van der Waals surface area contributed by atoms with Crippen LogP contribution in [-0.4, -0.2) is 0 Å². The third-order valence-electron chi connectivity index (χ3n) is 12.4. The summed E-state index contributed by atoms with van der Waals surface area (Å²) in [6.07, 6.45) is 0. The standard InChI is InChI=1S/C55H34/c1-3-15-44(16-4-1)55(45-17-5-2-6-18-45)51-34-37(27-28-49(51)50-29-26-36-13-8-10-20-48(36)54(50)55)42-30-38-22-24-40-32-43(33-41-25-23-39(31-42)52(38)53(40)41)47-21-11-14-35-12-7-9-19-46(35)47/h1-34H. The Hall–Kier alpha value is -7.02. The van der Waals surface area contributed by atoms with Crippen LogP contribution in [0.2, 0.25) is 0 Å². The van der Waals surface area contributed by atoms with Crippen molar-refractivity contribution < 1.29 is 0 Å². The van der Waals surface area contributed by atoms with Gasteiger partial charge in [0, 0.05) is 0 Å². The molecule has 0 amide bonds. The molecular formula is C55H34. The summed E-state index contributed by atoms with van der Waals surface area (Å²) in [6.45, 7) is 0. The third kappa shape index (κ3) is 4.28. The molecule has 0 nitrogen and oxygen atoms in total. The molecule has 254 valence electrons. The Morgan fingerprint density at radius 1 is 0.273 bits per heavy atom. The molecule has 0 radical (unpaired) electrons. The predicted molar refractivity (Wildman–Crippen MR) is 233 cm³/mol. The van der Waals surface area contributed by atoms with Crippen LogP contribution in [0.25, 0.3) is 87.2 Å². The van der Waals surface area contributed by atoms with E-state index >= 15 is 0 Å². The smallest absolute Gasteiger partial charge is 0.0622 e. The van der Waals surface area contributed by atoms with Gasteiger partial charge >= 0.3 is 0 Å². The third-order valence-corrected chi connectivity index (χ3v) is 12.4. The van der Waals surface area contributed by atoms with Crippen molar-refractivity contribution in [2.75, 3.05) is 0 Å². The molecule has 11 aromatic rings.